The molecule has 0 fully saturated rings. The van der Waals surface area contributed by atoms with Crippen molar-refractivity contribution in [1.82, 2.24) is 0 Å². The van der Waals surface area contributed by atoms with Crippen molar-refractivity contribution in [2.24, 2.45) is 0 Å². The summed E-state index contributed by atoms with van der Waals surface area (Å²) in [6.07, 6.45) is -0.283. The first-order chi connectivity index (χ1) is 7.66. The van der Waals surface area contributed by atoms with Gasteiger partial charge in [0, 0.05) is 18.1 Å². The summed E-state index contributed by atoms with van der Waals surface area (Å²) in [5.74, 6) is 1.38. The fourth-order valence-corrected chi connectivity index (χ4v) is 1.61. The minimum Gasteiger partial charge on any atom is -0.493 e. The Morgan fingerprint density at radius 1 is 1.56 bits per heavy atom. The highest BCUT2D eigenvalue weighted by Gasteiger charge is 2.21. The molecule has 1 heterocycles. The molecule has 4 nitrogen and oxygen atoms in total. The zero-order chi connectivity index (χ0) is 11.5. The molecule has 0 radical (unpaired) electrons. The lowest BCUT2D eigenvalue weighted by Crippen LogP contribution is -2.07. The average molecular weight is 224 g/mol. The first-order valence-corrected chi connectivity index (χ1v) is 5.42. The first-order valence-electron chi connectivity index (χ1n) is 5.42. The van der Waals surface area contributed by atoms with E-state index in [0.717, 1.165) is 5.56 Å². The summed E-state index contributed by atoms with van der Waals surface area (Å²) < 4.78 is 10.8. The lowest BCUT2D eigenvalue weighted by Gasteiger charge is -2.08. The van der Waals surface area contributed by atoms with E-state index in [4.69, 9.17) is 14.6 Å². The van der Waals surface area contributed by atoms with Crippen LogP contribution >= 0.6 is 0 Å². The predicted octanol–water partition coefficient (Wildman–Crippen LogP) is 1.26. The normalized spacial score (nSPS) is 20.1. The second-order valence-corrected chi connectivity index (χ2v) is 4.01. The van der Waals surface area contributed by atoms with Gasteiger partial charge in [-0.2, -0.15) is 0 Å². The summed E-state index contributed by atoms with van der Waals surface area (Å²) in [6.45, 7) is 2.51. The van der Waals surface area contributed by atoms with E-state index in [1.165, 1.54) is 0 Å². The SMILES string of the molecule is CC(O)CCOc1ccc2c(c1)OCC2O. The lowest BCUT2D eigenvalue weighted by atomic mass is 10.1. The van der Waals surface area contributed by atoms with Gasteiger partial charge in [0.1, 0.15) is 24.2 Å². The quantitative estimate of drug-likeness (QED) is 0.808. The van der Waals surface area contributed by atoms with E-state index < -0.39 is 6.10 Å². The van der Waals surface area contributed by atoms with Crippen molar-refractivity contribution in [3.63, 3.8) is 0 Å². The maximum Gasteiger partial charge on any atom is 0.129 e. The molecule has 1 aliphatic heterocycles. The number of aliphatic hydroxyl groups excluding tert-OH is 2. The Hall–Kier alpha value is -1.26. The van der Waals surface area contributed by atoms with Crippen LogP contribution in [-0.2, 0) is 0 Å². The fourth-order valence-electron chi connectivity index (χ4n) is 1.61. The molecule has 0 saturated heterocycles. The molecular weight excluding hydrogens is 208 g/mol. The minimum absolute atomic E-state index is 0.312. The van der Waals surface area contributed by atoms with E-state index in [9.17, 15) is 5.11 Å². The minimum atomic E-state index is -0.526. The molecule has 2 unspecified atom stereocenters. The van der Waals surface area contributed by atoms with Crippen LogP contribution in [0.25, 0.3) is 0 Å². The summed E-state index contributed by atoms with van der Waals surface area (Å²) in [7, 11) is 0. The van der Waals surface area contributed by atoms with Gasteiger partial charge in [0.25, 0.3) is 0 Å². The smallest absolute Gasteiger partial charge is 0.129 e. The van der Waals surface area contributed by atoms with Crippen LogP contribution in [0.1, 0.15) is 25.0 Å². The van der Waals surface area contributed by atoms with Gasteiger partial charge >= 0.3 is 0 Å². The van der Waals surface area contributed by atoms with Crippen molar-refractivity contribution >= 4 is 0 Å². The Kier molecular flexibility index (Phi) is 3.31. The average Bonchev–Trinajstić information content (AvgIpc) is 2.60. The summed E-state index contributed by atoms with van der Waals surface area (Å²) in [4.78, 5) is 0. The van der Waals surface area contributed by atoms with Crippen LogP contribution in [0.5, 0.6) is 11.5 Å². The molecule has 0 aromatic heterocycles. The molecule has 88 valence electrons. The van der Waals surface area contributed by atoms with Crippen LogP contribution < -0.4 is 9.47 Å². The molecule has 0 aliphatic carbocycles. The van der Waals surface area contributed by atoms with Gasteiger partial charge in [-0.05, 0) is 19.1 Å². The summed E-state index contributed by atoms with van der Waals surface area (Å²) in [5, 5.41) is 18.6. The second-order valence-electron chi connectivity index (χ2n) is 4.01. The third-order valence-electron chi connectivity index (χ3n) is 2.55. The van der Waals surface area contributed by atoms with Gasteiger partial charge in [0.05, 0.1) is 12.7 Å². The number of benzene rings is 1. The van der Waals surface area contributed by atoms with E-state index in [1.54, 1.807) is 19.1 Å². The van der Waals surface area contributed by atoms with E-state index in [-0.39, 0.29) is 6.10 Å². The van der Waals surface area contributed by atoms with Gasteiger partial charge in [-0.3, -0.25) is 0 Å². The molecule has 0 amide bonds. The summed E-state index contributed by atoms with van der Waals surface area (Å²) >= 11 is 0. The Bertz CT molecular complexity index is 362. The van der Waals surface area contributed by atoms with Gasteiger partial charge in [-0.1, -0.05) is 0 Å². The van der Waals surface area contributed by atoms with Crippen molar-refractivity contribution < 1.29 is 19.7 Å². The Morgan fingerprint density at radius 3 is 3.12 bits per heavy atom. The first kappa shape index (κ1) is 11.2. The zero-order valence-corrected chi connectivity index (χ0v) is 9.22. The van der Waals surface area contributed by atoms with Crippen LogP contribution in [0, 0.1) is 0 Å². The monoisotopic (exact) mass is 224 g/mol. The van der Waals surface area contributed by atoms with E-state index >= 15 is 0 Å². The van der Waals surface area contributed by atoms with Crippen molar-refractivity contribution in [3.05, 3.63) is 23.8 Å². The van der Waals surface area contributed by atoms with Crippen molar-refractivity contribution in [2.75, 3.05) is 13.2 Å². The molecule has 1 aliphatic rings. The highest BCUT2D eigenvalue weighted by Crippen LogP contribution is 2.34. The summed E-state index contributed by atoms with van der Waals surface area (Å²) in [5.41, 5.74) is 0.808. The van der Waals surface area contributed by atoms with Gasteiger partial charge in [0.15, 0.2) is 0 Å². The molecule has 4 heteroatoms. The van der Waals surface area contributed by atoms with Crippen LogP contribution in [0.2, 0.25) is 0 Å². The number of ether oxygens (including phenoxy) is 2. The van der Waals surface area contributed by atoms with Crippen molar-refractivity contribution in [2.45, 2.75) is 25.6 Å². The maximum atomic E-state index is 9.52. The molecule has 1 aromatic rings. The van der Waals surface area contributed by atoms with Crippen LogP contribution in [0.4, 0.5) is 0 Å². The number of fused-ring (bicyclic) bond motifs is 1. The second kappa shape index (κ2) is 4.72. The largest absolute Gasteiger partial charge is 0.493 e. The molecule has 2 rings (SSSR count). The molecule has 1 aromatic carbocycles. The molecule has 0 spiro atoms. The highest BCUT2D eigenvalue weighted by molar-refractivity contribution is 5.44. The van der Waals surface area contributed by atoms with E-state index in [0.29, 0.717) is 31.1 Å². The lowest BCUT2D eigenvalue weighted by molar-refractivity contribution is 0.140. The molecular formula is C12H16O4. The number of hydrogen-bond acceptors (Lipinski definition) is 4. The molecule has 2 atom stereocenters. The number of hydrogen-bond donors (Lipinski definition) is 2. The number of rotatable bonds is 4. The van der Waals surface area contributed by atoms with Crippen LogP contribution in [-0.4, -0.2) is 29.5 Å². The highest BCUT2D eigenvalue weighted by atomic mass is 16.5. The third kappa shape index (κ3) is 2.46. The fraction of sp³-hybridized carbons (Fsp3) is 0.500. The molecule has 0 bridgehead atoms. The van der Waals surface area contributed by atoms with Gasteiger partial charge in [-0.25, -0.2) is 0 Å². The van der Waals surface area contributed by atoms with Crippen LogP contribution in [0.3, 0.4) is 0 Å². The molecule has 16 heavy (non-hydrogen) atoms. The standard InChI is InChI=1S/C12H16O4/c1-8(13)4-5-15-9-2-3-10-11(14)7-16-12(10)6-9/h2-3,6,8,11,13-14H,4-5,7H2,1H3. The maximum absolute atomic E-state index is 9.52. The van der Waals surface area contributed by atoms with Gasteiger partial charge < -0.3 is 19.7 Å². The predicted molar refractivity (Wildman–Crippen MR) is 58.7 cm³/mol. The third-order valence-corrected chi connectivity index (χ3v) is 2.55. The molecule has 2 N–H and O–H groups in total. The Balaban J connectivity index is 1.97. The Morgan fingerprint density at radius 2 is 2.38 bits per heavy atom. The van der Waals surface area contributed by atoms with E-state index in [1.807, 2.05) is 6.07 Å². The number of aliphatic hydroxyl groups is 2. The van der Waals surface area contributed by atoms with E-state index in [2.05, 4.69) is 0 Å². The zero-order valence-electron chi connectivity index (χ0n) is 9.22. The van der Waals surface area contributed by atoms with Crippen molar-refractivity contribution in [1.29, 1.82) is 0 Å². The summed E-state index contributed by atoms with van der Waals surface area (Å²) in [6, 6.07) is 5.39. The van der Waals surface area contributed by atoms with Gasteiger partial charge in [0.2, 0.25) is 0 Å². The molecule has 0 saturated carbocycles. The topological polar surface area (TPSA) is 58.9 Å². The van der Waals surface area contributed by atoms with Gasteiger partial charge in [-0.15, -0.1) is 0 Å². The van der Waals surface area contributed by atoms with Crippen molar-refractivity contribution in [3.8, 4) is 11.5 Å². The van der Waals surface area contributed by atoms with Crippen LogP contribution in [0.15, 0.2) is 18.2 Å². The Labute approximate surface area is 94.4 Å².